The smallest absolute Gasteiger partial charge is 0.303 e. The predicted molar refractivity (Wildman–Crippen MR) is 147 cm³/mol. The van der Waals surface area contributed by atoms with Crippen LogP contribution in [-0.2, 0) is 33.3 Å². The number of thioether (sulfide) groups is 1. The van der Waals surface area contributed by atoms with Crippen LogP contribution in [0.3, 0.4) is 0 Å². The van der Waals surface area contributed by atoms with E-state index in [9.17, 15) is 14.4 Å². The highest BCUT2D eigenvalue weighted by molar-refractivity contribution is 8.22. The number of hydrogen-bond donors (Lipinski definition) is 0. The quantitative estimate of drug-likeness (QED) is 0.193. The lowest BCUT2D eigenvalue weighted by atomic mass is 9.50. The normalized spacial score (nSPS) is 34.9. The van der Waals surface area contributed by atoms with E-state index < -0.39 is 35.1 Å². The molecule has 7 nitrogen and oxygen atoms in total. The van der Waals surface area contributed by atoms with Gasteiger partial charge in [0.15, 0.2) is 0 Å². The second-order valence-electron chi connectivity index (χ2n) is 11.5. The SMILES string of the molecule is C=C1[C@@H](OC(C)=O)CC[C@@]2(C)C[C@H](OC(C)=O)C3=C(C)C[C@H](OC(=S)SC)[C@@H]([C@@H](OC(C)=O)[C@H]12)C3(C)C. The molecule has 0 radical (unpaired) electrons. The van der Waals surface area contributed by atoms with Crippen LogP contribution in [0.1, 0.15) is 74.1 Å². The Bertz CT molecular complexity index is 1020. The van der Waals surface area contributed by atoms with Crippen LogP contribution < -0.4 is 0 Å². The maximum Gasteiger partial charge on any atom is 0.303 e. The molecular formula is C28H40O7S2. The van der Waals surface area contributed by atoms with Crippen molar-refractivity contribution in [2.75, 3.05) is 6.26 Å². The van der Waals surface area contributed by atoms with Crippen molar-refractivity contribution >= 4 is 46.3 Å². The molecule has 3 aliphatic rings. The van der Waals surface area contributed by atoms with Gasteiger partial charge in [0.05, 0.1) is 0 Å². The first-order valence-electron chi connectivity index (χ1n) is 12.8. The Labute approximate surface area is 230 Å². The molecule has 0 heterocycles. The largest absolute Gasteiger partial charge is 0.474 e. The molecule has 9 heteroatoms. The van der Waals surface area contributed by atoms with Gasteiger partial charge in [-0.15, -0.1) is 0 Å². The fraction of sp³-hybridized carbons (Fsp3) is 0.714. The third kappa shape index (κ3) is 5.92. The van der Waals surface area contributed by atoms with Gasteiger partial charge < -0.3 is 18.9 Å². The molecular weight excluding hydrogens is 512 g/mol. The minimum Gasteiger partial charge on any atom is -0.474 e. The van der Waals surface area contributed by atoms with Gasteiger partial charge in [-0.1, -0.05) is 44.7 Å². The van der Waals surface area contributed by atoms with Gasteiger partial charge >= 0.3 is 17.9 Å². The predicted octanol–water partition coefficient (Wildman–Crippen LogP) is 5.55. The second kappa shape index (κ2) is 11.1. The number of carbonyl (C=O) groups is 3. The summed E-state index contributed by atoms with van der Waals surface area (Å²) in [4.78, 5) is 36.8. The fourth-order valence-electron chi connectivity index (χ4n) is 7.32. The molecule has 0 saturated heterocycles. The first-order valence-corrected chi connectivity index (χ1v) is 14.4. The summed E-state index contributed by atoms with van der Waals surface area (Å²) >= 11 is 6.82. The van der Waals surface area contributed by atoms with Gasteiger partial charge in [0.1, 0.15) is 24.4 Å². The molecule has 2 bridgehead atoms. The van der Waals surface area contributed by atoms with Gasteiger partial charge in [-0.2, -0.15) is 0 Å². The highest BCUT2D eigenvalue weighted by Gasteiger charge is 2.61. The number of fused-ring (bicyclic) bond motifs is 3. The lowest BCUT2D eigenvalue weighted by Crippen LogP contribution is -2.60. The molecule has 7 atom stereocenters. The Balaban J connectivity index is 2.28. The monoisotopic (exact) mass is 552 g/mol. The molecule has 0 aromatic rings. The number of carbonyl (C=O) groups excluding carboxylic acids is 3. The zero-order valence-electron chi connectivity index (χ0n) is 23.2. The third-order valence-electron chi connectivity index (χ3n) is 8.43. The zero-order chi connectivity index (χ0) is 27.9. The summed E-state index contributed by atoms with van der Waals surface area (Å²) in [6.07, 6.45) is 2.31. The van der Waals surface area contributed by atoms with Crippen LogP contribution in [0.5, 0.6) is 0 Å². The minimum absolute atomic E-state index is 0.323. The Hall–Kier alpha value is -1.87. The molecule has 0 aliphatic heterocycles. The van der Waals surface area contributed by atoms with Crippen molar-refractivity contribution in [3.8, 4) is 0 Å². The van der Waals surface area contributed by atoms with Gasteiger partial charge in [0.25, 0.3) is 0 Å². The number of esters is 3. The van der Waals surface area contributed by atoms with Crippen molar-refractivity contribution in [2.45, 2.75) is 98.6 Å². The average molecular weight is 553 g/mol. The highest BCUT2D eigenvalue weighted by atomic mass is 32.2. The maximum absolute atomic E-state index is 12.6. The summed E-state index contributed by atoms with van der Waals surface area (Å²) < 4.78 is 24.7. The van der Waals surface area contributed by atoms with Crippen LogP contribution in [0.15, 0.2) is 23.3 Å². The van der Waals surface area contributed by atoms with Crippen molar-refractivity contribution in [2.24, 2.45) is 22.7 Å². The Morgan fingerprint density at radius 3 is 2.08 bits per heavy atom. The molecule has 0 unspecified atom stereocenters. The van der Waals surface area contributed by atoms with Gasteiger partial charge in [0, 0.05) is 39.0 Å². The summed E-state index contributed by atoms with van der Waals surface area (Å²) in [6, 6.07) is 0. The van der Waals surface area contributed by atoms with Gasteiger partial charge in [-0.3, -0.25) is 14.4 Å². The number of hydrogen-bond acceptors (Lipinski definition) is 9. The van der Waals surface area contributed by atoms with E-state index in [1.807, 2.05) is 6.26 Å². The summed E-state index contributed by atoms with van der Waals surface area (Å²) in [5, 5.41) is 0. The molecule has 0 spiro atoms. The van der Waals surface area contributed by atoms with Crippen LogP contribution in [0.25, 0.3) is 0 Å². The van der Waals surface area contributed by atoms with E-state index in [-0.39, 0.29) is 29.9 Å². The van der Waals surface area contributed by atoms with E-state index in [1.165, 1.54) is 32.5 Å². The van der Waals surface area contributed by atoms with Crippen LogP contribution in [-0.4, -0.2) is 53.0 Å². The summed E-state index contributed by atoms with van der Waals surface area (Å²) in [5.74, 6) is -1.81. The first-order chi connectivity index (χ1) is 17.1. The minimum atomic E-state index is -0.612. The summed E-state index contributed by atoms with van der Waals surface area (Å²) in [6.45, 7) is 17.0. The number of ether oxygens (including phenoxy) is 4. The molecule has 0 aromatic heterocycles. The Morgan fingerprint density at radius 1 is 0.973 bits per heavy atom. The van der Waals surface area contributed by atoms with Crippen LogP contribution in [0.2, 0.25) is 0 Å². The van der Waals surface area contributed by atoms with Crippen molar-refractivity contribution in [1.29, 1.82) is 0 Å². The van der Waals surface area contributed by atoms with Crippen molar-refractivity contribution in [3.05, 3.63) is 23.3 Å². The third-order valence-corrected chi connectivity index (χ3v) is 9.45. The lowest BCUT2D eigenvalue weighted by molar-refractivity contribution is -0.178. The van der Waals surface area contributed by atoms with Crippen molar-refractivity contribution in [3.63, 3.8) is 0 Å². The zero-order valence-corrected chi connectivity index (χ0v) is 24.8. The summed E-state index contributed by atoms with van der Waals surface area (Å²) in [5.41, 5.74) is 1.84. The van der Waals surface area contributed by atoms with E-state index in [0.29, 0.717) is 35.6 Å². The molecule has 3 aliphatic carbocycles. The van der Waals surface area contributed by atoms with E-state index in [2.05, 4.69) is 34.3 Å². The van der Waals surface area contributed by atoms with Gasteiger partial charge in [-0.05, 0) is 66.6 Å². The van der Waals surface area contributed by atoms with Gasteiger partial charge in [-0.25, -0.2) is 0 Å². The van der Waals surface area contributed by atoms with Crippen LogP contribution >= 0.6 is 24.0 Å². The standard InChI is InChI=1S/C28H40O7S2/c1-14-12-20(35-26(36)37-9)24-25(34-18(5)31)23-15(2)19(32-16(3)29)10-11-28(23,8)13-21(33-17(4)30)22(14)27(24,6)7/h19-21,23-25H,2,10-13H2,1,3-9H3/t19-,20-,21-,23-,24-,25-,28-/m0/s1. The number of thiocarbonyl (C=S) groups is 1. The first kappa shape index (κ1) is 29.7. The van der Waals surface area contributed by atoms with E-state index >= 15 is 0 Å². The molecule has 0 aromatic carbocycles. The Kier molecular flexibility index (Phi) is 8.89. The topological polar surface area (TPSA) is 88.1 Å². The Morgan fingerprint density at radius 2 is 1.54 bits per heavy atom. The molecule has 3 rings (SSSR count). The molecule has 37 heavy (non-hydrogen) atoms. The van der Waals surface area contributed by atoms with E-state index in [0.717, 1.165) is 11.1 Å². The van der Waals surface area contributed by atoms with Crippen LogP contribution in [0, 0.1) is 22.7 Å². The molecule has 206 valence electrons. The van der Waals surface area contributed by atoms with E-state index in [1.54, 1.807) is 0 Å². The molecule has 0 N–H and O–H groups in total. The molecule has 2 saturated carbocycles. The highest BCUT2D eigenvalue weighted by Crippen LogP contribution is 2.60. The molecule has 2 fully saturated rings. The van der Waals surface area contributed by atoms with Crippen molar-refractivity contribution < 1.29 is 33.3 Å². The summed E-state index contributed by atoms with van der Waals surface area (Å²) in [7, 11) is 0. The number of rotatable bonds is 4. The fourth-order valence-corrected chi connectivity index (χ4v) is 7.66. The van der Waals surface area contributed by atoms with Gasteiger partial charge in [0.2, 0.25) is 4.38 Å². The van der Waals surface area contributed by atoms with Crippen LogP contribution in [0.4, 0.5) is 0 Å². The van der Waals surface area contributed by atoms with E-state index in [4.69, 9.17) is 31.2 Å². The molecule has 0 amide bonds. The van der Waals surface area contributed by atoms with Crippen molar-refractivity contribution in [1.82, 2.24) is 0 Å². The average Bonchev–Trinajstić information content (AvgIpc) is 2.73. The second-order valence-corrected chi connectivity index (χ2v) is 12.9. The lowest BCUT2D eigenvalue weighted by Gasteiger charge is -2.58. The maximum atomic E-state index is 12.6.